The normalized spacial score (nSPS) is 11.0. The minimum atomic E-state index is 0.753. The van der Waals surface area contributed by atoms with E-state index in [2.05, 4.69) is 31.2 Å². The Balaban J connectivity index is 2.15. The standard InChI is InChI=1S/C17H19OP/c1-2-19-12-11-14-7-9-15(10-8-14)17-6-4-3-5-16(17)13-18/h3-10,13,19H,2,11-12H2,1H3. The summed E-state index contributed by atoms with van der Waals surface area (Å²) in [4.78, 5) is 11.0. The van der Waals surface area contributed by atoms with Crippen molar-refractivity contribution in [3.63, 3.8) is 0 Å². The molecule has 1 unspecified atom stereocenters. The van der Waals surface area contributed by atoms with Gasteiger partial charge >= 0.3 is 0 Å². The Bertz CT molecular complexity index is 531. The van der Waals surface area contributed by atoms with Crippen molar-refractivity contribution >= 4 is 14.9 Å². The van der Waals surface area contributed by atoms with Crippen molar-refractivity contribution in [3.05, 3.63) is 59.7 Å². The molecule has 1 atom stereocenters. The molecule has 0 radical (unpaired) electrons. The van der Waals surface area contributed by atoms with Crippen LogP contribution in [-0.2, 0) is 6.42 Å². The highest BCUT2D eigenvalue weighted by Gasteiger charge is 2.03. The Morgan fingerprint density at radius 3 is 2.47 bits per heavy atom. The number of carbonyl (C=O) groups excluding carboxylic acids is 1. The third-order valence-corrected chi connectivity index (χ3v) is 4.30. The van der Waals surface area contributed by atoms with Crippen LogP contribution in [0.1, 0.15) is 22.8 Å². The van der Waals surface area contributed by atoms with E-state index in [0.717, 1.165) is 38.0 Å². The Labute approximate surface area is 116 Å². The molecular weight excluding hydrogens is 251 g/mol. The summed E-state index contributed by atoms with van der Waals surface area (Å²) in [6.07, 6.45) is 4.64. The molecule has 0 aliphatic heterocycles. The molecule has 2 rings (SSSR count). The Hall–Kier alpha value is -1.46. The van der Waals surface area contributed by atoms with Crippen molar-refractivity contribution in [3.8, 4) is 11.1 Å². The zero-order chi connectivity index (χ0) is 13.5. The predicted molar refractivity (Wildman–Crippen MR) is 84.7 cm³/mol. The lowest BCUT2D eigenvalue weighted by Crippen LogP contribution is -1.90. The topological polar surface area (TPSA) is 17.1 Å². The minimum Gasteiger partial charge on any atom is -0.298 e. The van der Waals surface area contributed by atoms with Crippen LogP contribution in [0.15, 0.2) is 48.5 Å². The van der Waals surface area contributed by atoms with Gasteiger partial charge in [-0.2, -0.15) is 0 Å². The maximum Gasteiger partial charge on any atom is 0.150 e. The van der Waals surface area contributed by atoms with E-state index < -0.39 is 0 Å². The summed E-state index contributed by atoms with van der Waals surface area (Å²) in [6.45, 7) is 2.23. The fourth-order valence-electron chi connectivity index (χ4n) is 2.12. The lowest BCUT2D eigenvalue weighted by molar-refractivity contribution is 0.112. The van der Waals surface area contributed by atoms with Crippen molar-refractivity contribution in [2.75, 3.05) is 12.3 Å². The van der Waals surface area contributed by atoms with Crippen LogP contribution in [0.4, 0.5) is 0 Å². The Morgan fingerprint density at radius 1 is 1.05 bits per heavy atom. The largest absolute Gasteiger partial charge is 0.298 e. The number of carbonyl (C=O) groups is 1. The van der Waals surface area contributed by atoms with E-state index in [1.54, 1.807) is 0 Å². The summed E-state index contributed by atoms with van der Waals surface area (Å²) in [6, 6.07) is 16.3. The second kappa shape index (κ2) is 7.21. The highest BCUT2D eigenvalue weighted by molar-refractivity contribution is 7.37. The fraction of sp³-hybridized carbons (Fsp3) is 0.235. The molecule has 0 spiro atoms. The molecule has 1 nitrogen and oxygen atoms in total. The van der Waals surface area contributed by atoms with Crippen LogP contribution in [0.3, 0.4) is 0 Å². The zero-order valence-electron chi connectivity index (χ0n) is 11.2. The average molecular weight is 270 g/mol. The third-order valence-electron chi connectivity index (χ3n) is 3.19. The van der Waals surface area contributed by atoms with Gasteiger partial charge in [-0.25, -0.2) is 0 Å². The minimum absolute atomic E-state index is 0.753. The molecule has 0 saturated carbocycles. The molecule has 0 amide bonds. The van der Waals surface area contributed by atoms with E-state index >= 15 is 0 Å². The number of aryl methyl sites for hydroxylation is 1. The van der Waals surface area contributed by atoms with Crippen LogP contribution in [-0.4, -0.2) is 18.6 Å². The number of benzene rings is 2. The van der Waals surface area contributed by atoms with Crippen molar-refractivity contribution in [1.29, 1.82) is 0 Å². The number of hydrogen-bond donors (Lipinski definition) is 0. The van der Waals surface area contributed by atoms with Crippen molar-refractivity contribution in [2.24, 2.45) is 0 Å². The molecule has 2 aromatic carbocycles. The van der Waals surface area contributed by atoms with Gasteiger partial charge in [0.1, 0.15) is 0 Å². The molecule has 2 heteroatoms. The van der Waals surface area contributed by atoms with Crippen LogP contribution >= 0.6 is 8.58 Å². The maximum absolute atomic E-state index is 11.0. The molecule has 0 aromatic heterocycles. The summed E-state index contributed by atoms with van der Waals surface area (Å²) in [5, 5.41) is 0. The van der Waals surface area contributed by atoms with Gasteiger partial charge in [0.2, 0.25) is 0 Å². The Kier molecular flexibility index (Phi) is 5.30. The molecule has 0 aliphatic rings. The number of hydrogen-bond acceptors (Lipinski definition) is 1. The predicted octanol–water partition coefficient (Wildman–Crippen LogP) is 4.41. The van der Waals surface area contributed by atoms with Gasteiger partial charge in [-0.15, -0.1) is 8.58 Å². The van der Waals surface area contributed by atoms with Gasteiger partial charge in [0.05, 0.1) is 0 Å². The average Bonchev–Trinajstić information content (AvgIpc) is 2.48. The Morgan fingerprint density at radius 2 is 1.79 bits per heavy atom. The van der Waals surface area contributed by atoms with Gasteiger partial charge in [0.25, 0.3) is 0 Å². The van der Waals surface area contributed by atoms with Gasteiger partial charge < -0.3 is 0 Å². The van der Waals surface area contributed by atoms with Gasteiger partial charge in [-0.1, -0.05) is 55.5 Å². The maximum atomic E-state index is 11.0. The zero-order valence-corrected chi connectivity index (χ0v) is 12.2. The van der Waals surface area contributed by atoms with Crippen molar-refractivity contribution < 1.29 is 4.79 Å². The first-order valence-electron chi connectivity index (χ1n) is 6.69. The van der Waals surface area contributed by atoms with Crippen LogP contribution < -0.4 is 0 Å². The molecule has 0 fully saturated rings. The van der Waals surface area contributed by atoms with E-state index in [4.69, 9.17) is 0 Å². The molecule has 0 bridgehead atoms. The summed E-state index contributed by atoms with van der Waals surface area (Å²) in [5.41, 5.74) is 4.26. The summed E-state index contributed by atoms with van der Waals surface area (Å²) in [5.74, 6) is 0. The van der Waals surface area contributed by atoms with Gasteiger partial charge in [-0.3, -0.25) is 4.79 Å². The lowest BCUT2D eigenvalue weighted by atomic mass is 9.99. The van der Waals surface area contributed by atoms with Crippen molar-refractivity contribution in [1.82, 2.24) is 0 Å². The van der Waals surface area contributed by atoms with E-state index in [1.807, 2.05) is 24.3 Å². The lowest BCUT2D eigenvalue weighted by Gasteiger charge is -2.06. The van der Waals surface area contributed by atoms with Crippen LogP contribution in [0, 0.1) is 0 Å². The third kappa shape index (κ3) is 3.75. The second-order valence-electron chi connectivity index (χ2n) is 4.51. The monoisotopic (exact) mass is 270 g/mol. The number of rotatable bonds is 6. The first-order chi connectivity index (χ1) is 9.35. The summed E-state index contributed by atoms with van der Waals surface area (Å²) in [7, 11) is 1.06. The smallest absolute Gasteiger partial charge is 0.150 e. The fourth-order valence-corrected chi connectivity index (χ4v) is 2.94. The second-order valence-corrected chi connectivity index (χ2v) is 6.21. The first kappa shape index (κ1) is 14.0. The van der Waals surface area contributed by atoms with E-state index in [0.29, 0.717) is 0 Å². The number of aldehydes is 1. The summed E-state index contributed by atoms with van der Waals surface area (Å²) < 4.78 is 0. The molecular formula is C17H19OP. The van der Waals surface area contributed by atoms with Crippen LogP contribution in [0.25, 0.3) is 11.1 Å². The van der Waals surface area contributed by atoms with E-state index in [9.17, 15) is 4.79 Å². The van der Waals surface area contributed by atoms with Gasteiger partial charge in [-0.05, 0) is 35.4 Å². The van der Waals surface area contributed by atoms with Crippen LogP contribution in [0.5, 0.6) is 0 Å². The molecule has 0 aliphatic carbocycles. The molecule has 98 valence electrons. The van der Waals surface area contributed by atoms with Gasteiger partial charge in [0, 0.05) is 5.56 Å². The molecule has 0 heterocycles. The molecule has 2 aromatic rings. The van der Waals surface area contributed by atoms with Gasteiger partial charge in [0.15, 0.2) is 6.29 Å². The highest BCUT2D eigenvalue weighted by atomic mass is 31.1. The highest BCUT2D eigenvalue weighted by Crippen LogP contribution is 2.23. The van der Waals surface area contributed by atoms with Crippen LogP contribution in [0.2, 0.25) is 0 Å². The first-order valence-corrected chi connectivity index (χ1v) is 8.11. The molecule has 19 heavy (non-hydrogen) atoms. The SMILES string of the molecule is CCPCCc1ccc(-c2ccccc2C=O)cc1. The summed E-state index contributed by atoms with van der Waals surface area (Å²) >= 11 is 0. The van der Waals surface area contributed by atoms with E-state index in [1.165, 1.54) is 17.9 Å². The molecule has 0 N–H and O–H groups in total. The quantitative estimate of drug-likeness (QED) is 0.432. The van der Waals surface area contributed by atoms with Crippen molar-refractivity contribution in [2.45, 2.75) is 13.3 Å². The molecule has 0 saturated heterocycles. The van der Waals surface area contributed by atoms with E-state index in [-0.39, 0.29) is 0 Å².